The molecule has 1 saturated carbocycles. The molecule has 1 aromatic rings. The van der Waals surface area contributed by atoms with Crippen molar-refractivity contribution in [2.75, 3.05) is 6.54 Å². The third-order valence-electron chi connectivity index (χ3n) is 3.84. The molecule has 0 radical (unpaired) electrons. The SMILES string of the molecule is NCC1(Cc2cccc(F)c2Br)CCCC1O. The summed E-state index contributed by atoms with van der Waals surface area (Å²) in [5.74, 6) is -0.262. The van der Waals surface area contributed by atoms with Crippen LogP contribution in [-0.4, -0.2) is 17.8 Å². The van der Waals surface area contributed by atoms with Gasteiger partial charge in [-0.15, -0.1) is 0 Å². The van der Waals surface area contributed by atoms with Gasteiger partial charge in [0.05, 0.1) is 10.6 Å². The number of aliphatic hydroxyl groups excluding tert-OH is 1. The first-order valence-corrected chi connectivity index (χ1v) is 6.69. The van der Waals surface area contributed by atoms with Crippen molar-refractivity contribution in [3.8, 4) is 0 Å². The summed E-state index contributed by atoms with van der Waals surface area (Å²) in [6.45, 7) is 0.442. The fraction of sp³-hybridized carbons (Fsp3) is 0.538. The molecule has 17 heavy (non-hydrogen) atoms. The Kier molecular flexibility index (Phi) is 3.85. The van der Waals surface area contributed by atoms with Crippen LogP contribution in [0.4, 0.5) is 4.39 Å². The van der Waals surface area contributed by atoms with Crippen LogP contribution in [-0.2, 0) is 6.42 Å². The first-order valence-electron chi connectivity index (χ1n) is 5.90. The Morgan fingerprint density at radius 2 is 2.29 bits per heavy atom. The highest BCUT2D eigenvalue weighted by molar-refractivity contribution is 9.10. The summed E-state index contributed by atoms with van der Waals surface area (Å²) in [5.41, 5.74) is 6.43. The minimum atomic E-state index is -0.373. The minimum Gasteiger partial charge on any atom is -0.392 e. The lowest BCUT2D eigenvalue weighted by Gasteiger charge is -2.31. The molecule has 1 fully saturated rings. The van der Waals surface area contributed by atoms with E-state index in [4.69, 9.17) is 5.73 Å². The van der Waals surface area contributed by atoms with Gasteiger partial charge in [-0.1, -0.05) is 18.6 Å². The van der Waals surface area contributed by atoms with Crippen molar-refractivity contribution < 1.29 is 9.50 Å². The van der Waals surface area contributed by atoms with E-state index in [1.54, 1.807) is 6.07 Å². The molecule has 0 amide bonds. The molecule has 2 atom stereocenters. The van der Waals surface area contributed by atoms with Gasteiger partial charge >= 0.3 is 0 Å². The lowest BCUT2D eigenvalue weighted by molar-refractivity contribution is 0.0586. The first kappa shape index (κ1) is 13.0. The highest BCUT2D eigenvalue weighted by atomic mass is 79.9. The standard InChI is InChI=1S/C13H17BrFNO/c14-12-9(3-1-4-10(12)15)7-13(8-16)6-2-5-11(13)17/h1,3-4,11,17H,2,5-8,16H2. The van der Waals surface area contributed by atoms with E-state index in [2.05, 4.69) is 15.9 Å². The number of hydrogen-bond donors (Lipinski definition) is 2. The Hall–Kier alpha value is -0.450. The number of hydrogen-bond acceptors (Lipinski definition) is 2. The van der Waals surface area contributed by atoms with Crippen molar-refractivity contribution in [3.05, 3.63) is 34.1 Å². The average molecular weight is 302 g/mol. The van der Waals surface area contributed by atoms with Crippen LogP contribution in [0.3, 0.4) is 0 Å². The van der Waals surface area contributed by atoms with E-state index in [1.165, 1.54) is 6.07 Å². The molecule has 1 aliphatic rings. The second-order valence-corrected chi connectivity index (χ2v) is 5.66. The van der Waals surface area contributed by atoms with Crippen LogP contribution < -0.4 is 5.73 Å². The predicted molar refractivity (Wildman–Crippen MR) is 69.1 cm³/mol. The van der Waals surface area contributed by atoms with Gasteiger partial charge in [0.25, 0.3) is 0 Å². The highest BCUT2D eigenvalue weighted by Crippen LogP contribution is 2.41. The number of halogens is 2. The molecule has 94 valence electrons. The summed E-state index contributed by atoms with van der Waals surface area (Å²) in [5, 5.41) is 10.1. The van der Waals surface area contributed by atoms with E-state index in [1.807, 2.05) is 6.07 Å². The zero-order valence-corrected chi connectivity index (χ0v) is 11.2. The summed E-state index contributed by atoms with van der Waals surface area (Å²) in [7, 11) is 0. The topological polar surface area (TPSA) is 46.2 Å². The molecule has 1 aliphatic carbocycles. The van der Waals surface area contributed by atoms with E-state index in [0.29, 0.717) is 17.4 Å². The number of rotatable bonds is 3. The van der Waals surface area contributed by atoms with Gasteiger partial charge in [-0.25, -0.2) is 4.39 Å². The van der Waals surface area contributed by atoms with Crippen LogP contribution in [0, 0.1) is 11.2 Å². The smallest absolute Gasteiger partial charge is 0.137 e. The van der Waals surface area contributed by atoms with Gasteiger partial charge in [-0.2, -0.15) is 0 Å². The summed E-state index contributed by atoms with van der Waals surface area (Å²) in [6.07, 6.45) is 2.95. The quantitative estimate of drug-likeness (QED) is 0.901. The predicted octanol–water partition coefficient (Wildman–Crippen LogP) is 2.62. The van der Waals surface area contributed by atoms with E-state index in [-0.39, 0.29) is 17.3 Å². The van der Waals surface area contributed by atoms with Gasteiger partial charge < -0.3 is 10.8 Å². The second-order valence-electron chi connectivity index (χ2n) is 4.86. The maximum atomic E-state index is 13.4. The fourth-order valence-corrected chi connectivity index (χ4v) is 3.11. The van der Waals surface area contributed by atoms with Crippen molar-refractivity contribution >= 4 is 15.9 Å². The van der Waals surface area contributed by atoms with Gasteiger partial charge in [0.15, 0.2) is 0 Å². The van der Waals surface area contributed by atoms with Gasteiger partial charge in [-0.3, -0.25) is 0 Å². The molecule has 0 aliphatic heterocycles. The number of benzene rings is 1. The van der Waals surface area contributed by atoms with Gasteiger partial charge in [0.1, 0.15) is 5.82 Å². The molecular formula is C13H17BrFNO. The van der Waals surface area contributed by atoms with Gasteiger partial charge in [0, 0.05) is 12.0 Å². The van der Waals surface area contributed by atoms with E-state index >= 15 is 0 Å². The Labute approximate surface area is 109 Å². The number of nitrogens with two attached hydrogens (primary N) is 1. The van der Waals surface area contributed by atoms with Crippen molar-refractivity contribution in [1.29, 1.82) is 0 Å². The lowest BCUT2D eigenvalue weighted by Crippen LogP contribution is -2.39. The summed E-state index contributed by atoms with van der Waals surface area (Å²) >= 11 is 3.26. The summed E-state index contributed by atoms with van der Waals surface area (Å²) in [4.78, 5) is 0. The molecule has 0 saturated heterocycles. The Morgan fingerprint density at radius 3 is 2.88 bits per heavy atom. The Balaban J connectivity index is 2.27. The van der Waals surface area contributed by atoms with Crippen LogP contribution >= 0.6 is 15.9 Å². The maximum absolute atomic E-state index is 13.4. The molecule has 0 spiro atoms. The van der Waals surface area contributed by atoms with Crippen LogP contribution in [0.15, 0.2) is 22.7 Å². The van der Waals surface area contributed by atoms with E-state index < -0.39 is 0 Å². The molecule has 2 nitrogen and oxygen atoms in total. The van der Waals surface area contributed by atoms with Crippen LogP contribution in [0.5, 0.6) is 0 Å². The van der Waals surface area contributed by atoms with Gasteiger partial charge in [-0.05, 0) is 46.8 Å². The summed E-state index contributed by atoms with van der Waals surface area (Å²) in [6, 6.07) is 5.00. The number of aliphatic hydroxyl groups is 1. The average Bonchev–Trinajstić information content (AvgIpc) is 2.67. The Morgan fingerprint density at radius 1 is 1.53 bits per heavy atom. The molecule has 0 bridgehead atoms. The molecule has 1 aromatic carbocycles. The van der Waals surface area contributed by atoms with Crippen LogP contribution in [0.2, 0.25) is 0 Å². The van der Waals surface area contributed by atoms with Crippen LogP contribution in [0.1, 0.15) is 24.8 Å². The van der Waals surface area contributed by atoms with Crippen molar-refractivity contribution in [2.45, 2.75) is 31.8 Å². The summed E-state index contributed by atoms with van der Waals surface area (Å²) < 4.78 is 13.9. The Bertz CT molecular complexity index is 412. The maximum Gasteiger partial charge on any atom is 0.137 e. The zero-order valence-electron chi connectivity index (χ0n) is 9.63. The minimum absolute atomic E-state index is 0.262. The molecule has 0 aromatic heterocycles. The molecule has 0 heterocycles. The van der Waals surface area contributed by atoms with E-state index in [0.717, 1.165) is 24.8 Å². The molecular weight excluding hydrogens is 285 g/mol. The lowest BCUT2D eigenvalue weighted by atomic mass is 9.78. The fourth-order valence-electron chi connectivity index (χ4n) is 2.70. The third kappa shape index (κ3) is 2.39. The van der Waals surface area contributed by atoms with Crippen molar-refractivity contribution in [3.63, 3.8) is 0 Å². The first-order chi connectivity index (χ1) is 8.09. The normalized spacial score (nSPS) is 28.6. The zero-order chi connectivity index (χ0) is 12.5. The highest BCUT2D eigenvalue weighted by Gasteiger charge is 2.41. The molecule has 2 rings (SSSR count). The van der Waals surface area contributed by atoms with Crippen molar-refractivity contribution in [1.82, 2.24) is 0 Å². The van der Waals surface area contributed by atoms with Crippen molar-refractivity contribution in [2.24, 2.45) is 11.1 Å². The van der Waals surface area contributed by atoms with E-state index in [9.17, 15) is 9.50 Å². The molecule has 3 N–H and O–H groups in total. The van der Waals surface area contributed by atoms with Gasteiger partial charge in [0.2, 0.25) is 0 Å². The monoisotopic (exact) mass is 301 g/mol. The second kappa shape index (κ2) is 5.04. The molecule has 4 heteroatoms. The molecule has 2 unspecified atom stereocenters. The third-order valence-corrected chi connectivity index (χ3v) is 4.73. The van der Waals surface area contributed by atoms with Crippen LogP contribution in [0.25, 0.3) is 0 Å². The largest absolute Gasteiger partial charge is 0.392 e.